The predicted octanol–water partition coefficient (Wildman–Crippen LogP) is 6.06. The number of hydrogen-bond donors (Lipinski definition) is 1. The maximum absolute atomic E-state index is 12.9. The first-order valence-electron chi connectivity index (χ1n) is 12.3. The highest BCUT2D eigenvalue weighted by molar-refractivity contribution is 5.99. The van der Waals surface area contributed by atoms with E-state index < -0.39 is 12.3 Å². The third-order valence-corrected chi connectivity index (χ3v) is 6.77. The third-order valence-electron chi connectivity index (χ3n) is 6.77. The van der Waals surface area contributed by atoms with Gasteiger partial charge in [0.2, 0.25) is 5.95 Å². The van der Waals surface area contributed by atoms with Gasteiger partial charge in [-0.25, -0.2) is 4.98 Å². The molecule has 2 aromatic carbocycles. The van der Waals surface area contributed by atoms with Gasteiger partial charge in [-0.05, 0) is 67.1 Å². The van der Waals surface area contributed by atoms with Gasteiger partial charge in [0.25, 0.3) is 5.91 Å². The normalized spacial score (nSPS) is 17.2. The fourth-order valence-corrected chi connectivity index (χ4v) is 4.99. The molecule has 1 atom stereocenters. The van der Waals surface area contributed by atoms with Crippen LogP contribution in [0.25, 0.3) is 11.0 Å². The van der Waals surface area contributed by atoms with E-state index in [4.69, 9.17) is 4.98 Å². The average Bonchev–Trinajstić information content (AvgIpc) is 3.20. The van der Waals surface area contributed by atoms with E-state index in [0.717, 1.165) is 31.2 Å². The zero-order valence-electron chi connectivity index (χ0n) is 21.8. The van der Waals surface area contributed by atoms with E-state index in [0.29, 0.717) is 22.7 Å². The molecule has 1 amide bonds. The van der Waals surface area contributed by atoms with Crippen molar-refractivity contribution in [3.63, 3.8) is 0 Å². The Morgan fingerprint density at radius 3 is 2.53 bits per heavy atom. The number of alkyl halides is 3. The highest BCUT2D eigenvalue weighted by Crippen LogP contribution is 2.43. The Morgan fingerprint density at radius 1 is 1.18 bits per heavy atom. The molecule has 38 heavy (non-hydrogen) atoms. The Morgan fingerprint density at radius 2 is 1.89 bits per heavy atom. The SMILES string of the molecule is COC(=O)CN(C)C(=O)c1ccc2c(c1)nc(Nc1ccc(OC(F)(F)F)cc1)n2C1CCCC(C)(C)C1. The second kappa shape index (κ2) is 10.5. The van der Waals surface area contributed by atoms with Gasteiger partial charge < -0.3 is 24.3 Å². The van der Waals surface area contributed by atoms with Gasteiger partial charge in [-0.1, -0.05) is 20.3 Å². The topological polar surface area (TPSA) is 85.7 Å². The van der Waals surface area contributed by atoms with Crippen molar-refractivity contribution in [3.8, 4) is 5.75 Å². The number of anilines is 2. The number of methoxy groups -OCH3 is 1. The standard InChI is InChI=1S/C27H31F3N4O4/c1-26(2)13-5-6-19(15-26)34-22-12-7-17(24(36)33(3)16-23(35)37-4)14-21(22)32-25(34)31-18-8-10-20(11-9-18)38-27(28,29)30/h7-12,14,19H,5-6,13,15-16H2,1-4H3,(H,31,32). The molecule has 1 fully saturated rings. The zero-order chi connectivity index (χ0) is 27.7. The smallest absolute Gasteiger partial charge is 0.468 e. The van der Waals surface area contributed by atoms with Crippen LogP contribution in [0.15, 0.2) is 42.5 Å². The molecule has 4 rings (SSSR count). The van der Waals surface area contributed by atoms with Gasteiger partial charge in [0.1, 0.15) is 12.3 Å². The summed E-state index contributed by atoms with van der Waals surface area (Å²) in [6.07, 6.45) is -0.727. The summed E-state index contributed by atoms with van der Waals surface area (Å²) < 4.78 is 48.4. The molecular formula is C27H31F3N4O4. The fourth-order valence-electron chi connectivity index (χ4n) is 4.99. The number of fused-ring (bicyclic) bond motifs is 1. The lowest BCUT2D eigenvalue weighted by molar-refractivity contribution is -0.274. The van der Waals surface area contributed by atoms with E-state index in [1.54, 1.807) is 12.1 Å². The molecule has 1 N–H and O–H groups in total. The number of carbonyl (C=O) groups is 2. The van der Waals surface area contributed by atoms with Gasteiger partial charge in [0, 0.05) is 24.3 Å². The number of nitrogens with one attached hydrogen (secondary N) is 1. The number of nitrogens with zero attached hydrogens (tertiary/aromatic N) is 3. The van der Waals surface area contributed by atoms with E-state index in [2.05, 4.69) is 33.2 Å². The summed E-state index contributed by atoms with van der Waals surface area (Å²) in [5, 5.41) is 3.24. The van der Waals surface area contributed by atoms with Crippen LogP contribution in [0.5, 0.6) is 5.75 Å². The first-order chi connectivity index (χ1) is 17.8. The number of benzene rings is 2. The van der Waals surface area contributed by atoms with Gasteiger partial charge in [-0.15, -0.1) is 13.2 Å². The number of aromatic nitrogens is 2. The summed E-state index contributed by atoms with van der Waals surface area (Å²) in [4.78, 5) is 30.6. The molecule has 1 aromatic heterocycles. The summed E-state index contributed by atoms with van der Waals surface area (Å²) in [5.41, 5.74) is 2.47. The van der Waals surface area contributed by atoms with Crippen molar-refractivity contribution in [3.05, 3.63) is 48.0 Å². The summed E-state index contributed by atoms with van der Waals surface area (Å²) in [7, 11) is 2.78. The second-order valence-corrected chi connectivity index (χ2v) is 10.4. The molecular weight excluding hydrogens is 501 g/mol. The van der Waals surface area contributed by atoms with Crippen molar-refractivity contribution in [1.29, 1.82) is 0 Å². The number of esters is 1. The van der Waals surface area contributed by atoms with E-state index in [1.807, 2.05) is 6.07 Å². The highest BCUT2D eigenvalue weighted by Gasteiger charge is 2.32. The number of ether oxygens (including phenoxy) is 2. The first kappa shape index (κ1) is 27.3. The monoisotopic (exact) mass is 532 g/mol. The number of halogens is 3. The minimum absolute atomic E-state index is 0.139. The number of imidazole rings is 1. The zero-order valence-corrected chi connectivity index (χ0v) is 21.8. The quantitative estimate of drug-likeness (QED) is 0.372. The largest absolute Gasteiger partial charge is 0.573 e. The van der Waals surface area contributed by atoms with Crippen LogP contribution in [0.3, 0.4) is 0 Å². The highest BCUT2D eigenvalue weighted by atomic mass is 19.4. The Hall–Kier alpha value is -3.76. The molecule has 1 saturated carbocycles. The van der Waals surface area contributed by atoms with Crippen molar-refractivity contribution in [1.82, 2.24) is 14.5 Å². The molecule has 204 valence electrons. The van der Waals surface area contributed by atoms with Gasteiger partial charge in [-0.3, -0.25) is 9.59 Å². The van der Waals surface area contributed by atoms with Crippen LogP contribution >= 0.6 is 0 Å². The number of likely N-dealkylation sites (N-methyl/N-ethyl adjacent to an activating group) is 1. The van der Waals surface area contributed by atoms with Crippen LogP contribution < -0.4 is 10.1 Å². The van der Waals surface area contributed by atoms with E-state index in [1.165, 1.54) is 43.3 Å². The van der Waals surface area contributed by atoms with Crippen molar-refractivity contribution in [2.24, 2.45) is 5.41 Å². The van der Waals surface area contributed by atoms with E-state index in [-0.39, 0.29) is 29.7 Å². The van der Waals surface area contributed by atoms with E-state index >= 15 is 0 Å². The van der Waals surface area contributed by atoms with E-state index in [9.17, 15) is 22.8 Å². The van der Waals surface area contributed by atoms with Crippen LogP contribution in [0, 0.1) is 5.41 Å². The maximum Gasteiger partial charge on any atom is 0.573 e. The second-order valence-electron chi connectivity index (χ2n) is 10.4. The molecule has 0 radical (unpaired) electrons. The fraction of sp³-hybridized carbons (Fsp3) is 0.444. The average molecular weight is 533 g/mol. The number of carbonyl (C=O) groups excluding carboxylic acids is 2. The number of amides is 1. The molecule has 0 aliphatic heterocycles. The summed E-state index contributed by atoms with van der Waals surface area (Å²) in [5.74, 6) is -0.658. The van der Waals surface area contributed by atoms with Crippen LogP contribution in [0.4, 0.5) is 24.8 Å². The van der Waals surface area contributed by atoms with Gasteiger partial charge in [0.05, 0.1) is 18.1 Å². The molecule has 0 bridgehead atoms. The predicted molar refractivity (Wildman–Crippen MR) is 136 cm³/mol. The lowest BCUT2D eigenvalue weighted by Gasteiger charge is -2.36. The molecule has 1 aliphatic carbocycles. The molecule has 11 heteroatoms. The van der Waals surface area contributed by atoms with Crippen LogP contribution in [0.1, 0.15) is 55.9 Å². The molecule has 0 spiro atoms. The minimum Gasteiger partial charge on any atom is -0.468 e. The van der Waals surface area contributed by atoms with Crippen molar-refractivity contribution in [2.75, 3.05) is 26.0 Å². The van der Waals surface area contributed by atoms with Crippen molar-refractivity contribution >= 4 is 34.5 Å². The Bertz CT molecular complexity index is 1320. The summed E-state index contributed by atoms with van der Waals surface area (Å²) in [6, 6.07) is 10.8. The Kier molecular flexibility index (Phi) is 7.57. The Balaban J connectivity index is 1.69. The lowest BCUT2D eigenvalue weighted by atomic mass is 9.75. The van der Waals surface area contributed by atoms with Gasteiger partial charge in [-0.2, -0.15) is 0 Å². The summed E-state index contributed by atoms with van der Waals surface area (Å²) in [6.45, 7) is 4.29. The van der Waals surface area contributed by atoms with Crippen LogP contribution in [-0.2, 0) is 9.53 Å². The molecule has 0 saturated heterocycles. The number of rotatable bonds is 7. The van der Waals surface area contributed by atoms with Crippen molar-refractivity contribution < 1.29 is 32.2 Å². The molecule has 1 aliphatic rings. The van der Waals surface area contributed by atoms with Crippen LogP contribution in [-0.4, -0.2) is 53.4 Å². The molecule has 1 unspecified atom stereocenters. The maximum atomic E-state index is 12.9. The summed E-state index contributed by atoms with van der Waals surface area (Å²) >= 11 is 0. The molecule has 1 heterocycles. The van der Waals surface area contributed by atoms with Crippen molar-refractivity contribution in [2.45, 2.75) is 51.9 Å². The van der Waals surface area contributed by atoms with Crippen LogP contribution in [0.2, 0.25) is 0 Å². The number of hydrogen-bond acceptors (Lipinski definition) is 6. The molecule has 3 aromatic rings. The van der Waals surface area contributed by atoms with Gasteiger partial charge >= 0.3 is 12.3 Å². The van der Waals surface area contributed by atoms with Gasteiger partial charge in [0.15, 0.2) is 0 Å². The molecule has 8 nitrogen and oxygen atoms in total. The Labute approximate surface area is 218 Å². The third kappa shape index (κ3) is 6.38. The lowest BCUT2D eigenvalue weighted by Crippen LogP contribution is -2.32. The minimum atomic E-state index is -4.77. The first-order valence-corrected chi connectivity index (χ1v) is 12.3.